The van der Waals surface area contributed by atoms with Gasteiger partial charge in [-0.25, -0.2) is 0 Å². The molecule has 2 rings (SSSR count). The van der Waals surface area contributed by atoms with Crippen LogP contribution >= 0.6 is 15.9 Å². The summed E-state index contributed by atoms with van der Waals surface area (Å²) in [5.41, 5.74) is 9.45. The zero-order valence-electron chi connectivity index (χ0n) is 11.4. The topological polar surface area (TPSA) is 35.2 Å². The summed E-state index contributed by atoms with van der Waals surface area (Å²) in [7, 11) is 0. The van der Waals surface area contributed by atoms with Crippen LogP contribution in [0.4, 0.5) is 0 Å². The molecule has 0 fully saturated rings. The van der Waals surface area contributed by atoms with E-state index >= 15 is 0 Å². The molecule has 0 heterocycles. The zero-order valence-corrected chi connectivity index (χ0v) is 13.0. The number of nitrogens with two attached hydrogens (primary N) is 1. The summed E-state index contributed by atoms with van der Waals surface area (Å²) in [6.07, 6.45) is 0. The van der Waals surface area contributed by atoms with Gasteiger partial charge in [-0.1, -0.05) is 28.1 Å². The third kappa shape index (κ3) is 3.37. The van der Waals surface area contributed by atoms with E-state index in [4.69, 9.17) is 10.5 Å². The first-order valence-corrected chi connectivity index (χ1v) is 7.07. The average molecular weight is 320 g/mol. The molecule has 0 aliphatic rings. The Morgan fingerprint density at radius 2 is 1.63 bits per heavy atom. The van der Waals surface area contributed by atoms with Crippen LogP contribution in [0.25, 0.3) is 0 Å². The molecule has 0 spiro atoms. The van der Waals surface area contributed by atoms with Gasteiger partial charge in [0.05, 0.1) is 0 Å². The second kappa shape index (κ2) is 5.76. The van der Waals surface area contributed by atoms with Crippen LogP contribution < -0.4 is 10.5 Å². The van der Waals surface area contributed by atoms with Gasteiger partial charge in [0.1, 0.15) is 11.5 Å². The first-order chi connectivity index (χ1) is 8.97. The lowest BCUT2D eigenvalue weighted by Gasteiger charge is -2.12. The van der Waals surface area contributed by atoms with E-state index in [0.29, 0.717) is 0 Å². The average Bonchev–Trinajstić information content (AvgIpc) is 2.33. The van der Waals surface area contributed by atoms with Gasteiger partial charge in [-0.05, 0) is 61.7 Å². The minimum absolute atomic E-state index is 0.00467. The van der Waals surface area contributed by atoms with Crippen molar-refractivity contribution in [3.63, 3.8) is 0 Å². The number of ether oxygens (including phenoxy) is 1. The van der Waals surface area contributed by atoms with Crippen molar-refractivity contribution in [2.45, 2.75) is 26.8 Å². The molecule has 0 aromatic heterocycles. The van der Waals surface area contributed by atoms with E-state index in [1.165, 1.54) is 11.1 Å². The van der Waals surface area contributed by atoms with Crippen molar-refractivity contribution < 1.29 is 4.74 Å². The summed E-state index contributed by atoms with van der Waals surface area (Å²) >= 11 is 3.53. The summed E-state index contributed by atoms with van der Waals surface area (Å²) in [5, 5.41) is 0. The molecule has 0 saturated heterocycles. The van der Waals surface area contributed by atoms with Gasteiger partial charge >= 0.3 is 0 Å². The molecule has 0 unspecified atom stereocenters. The molecule has 0 aliphatic heterocycles. The number of benzene rings is 2. The van der Waals surface area contributed by atoms with Crippen LogP contribution in [0, 0.1) is 13.8 Å². The van der Waals surface area contributed by atoms with Crippen molar-refractivity contribution >= 4 is 15.9 Å². The summed E-state index contributed by atoms with van der Waals surface area (Å²) in [6, 6.07) is 12.0. The van der Waals surface area contributed by atoms with Crippen LogP contribution in [0.5, 0.6) is 11.5 Å². The first kappa shape index (κ1) is 14.1. The maximum Gasteiger partial charge on any atom is 0.128 e. The SMILES string of the molecule is Cc1ccc(Oc2ccc([C@@H](C)N)c(Br)c2)cc1C. The molecular weight excluding hydrogens is 302 g/mol. The van der Waals surface area contributed by atoms with Gasteiger partial charge in [-0.2, -0.15) is 0 Å². The number of rotatable bonds is 3. The second-order valence-electron chi connectivity index (χ2n) is 4.82. The van der Waals surface area contributed by atoms with Gasteiger partial charge < -0.3 is 10.5 Å². The van der Waals surface area contributed by atoms with E-state index in [-0.39, 0.29) is 6.04 Å². The molecule has 19 heavy (non-hydrogen) atoms. The van der Waals surface area contributed by atoms with Gasteiger partial charge in [-0.3, -0.25) is 0 Å². The van der Waals surface area contributed by atoms with Gasteiger partial charge in [0, 0.05) is 10.5 Å². The lowest BCUT2D eigenvalue weighted by Crippen LogP contribution is -2.05. The predicted octanol–water partition coefficient (Wildman–Crippen LogP) is 4.88. The monoisotopic (exact) mass is 319 g/mol. The highest BCUT2D eigenvalue weighted by molar-refractivity contribution is 9.10. The van der Waals surface area contributed by atoms with E-state index in [1.54, 1.807) is 0 Å². The number of aryl methyl sites for hydroxylation is 2. The highest BCUT2D eigenvalue weighted by atomic mass is 79.9. The van der Waals surface area contributed by atoms with Gasteiger partial charge in [-0.15, -0.1) is 0 Å². The minimum Gasteiger partial charge on any atom is -0.457 e. The van der Waals surface area contributed by atoms with E-state index in [2.05, 4.69) is 35.8 Å². The van der Waals surface area contributed by atoms with Crippen molar-refractivity contribution in [2.24, 2.45) is 5.73 Å². The minimum atomic E-state index is 0.00467. The molecule has 0 saturated carbocycles. The number of halogens is 1. The molecular formula is C16H18BrNO. The van der Waals surface area contributed by atoms with Crippen molar-refractivity contribution in [1.29, 1.82) is 0 Å². The van der Waals surface area contributed by atoms with Crippen LogP contribution in [0.2, 0.25) is 0 Å². The van der Waals surface area contributed by atoms with Crippen LogP contribution in [0.3, 0.4) is 0 Å². The highest BCUT2D eigenvalue weighted by Crippen LogP contribution is 2.30. The van der Waals surface area contributed by atoms with Gasteiger partial charge in [0.2, 0.25) is 0 Å². The Labute approximate surface area is 122 Å². The van der Waals surface area contributed by atoms with Crippen molar-refractivity contribution in [3.8, 4) is 11.5 Å². The van der Waals surface area contributed by atoms with Crippen LogP contribution in [0.1, 0.15) is 29.7 Å². The Bertz CT molecular complexity index is 593. The molecule has 1 atom stereocenters. The Morgan fingerprint density at radius 1 is 1.00 bits per heavy atom. The third-order valence-electron chi connectivity index (χ3n) is 3.18. The van der Waals surface area contributed by atoms with E-state index < -0.39 is 0 Å². The summed E-state index contributed by atoms with van der Waals surface area (Å²) in [5.74, 6) is 1.66. The lowest BCUT2D eigenvalue weighted by molar-refractivity contribution is 0.481. The maximum atomic E-state index is 5.88. The fraction of sp³-hybridized carbons (Fsp3) is 0.250. The first-order valence-electron chi connectivity index (χ1n) is 6.27. The predicted molar refractivity (Wildman–Crippen MR) is 82.7 cm³/mol. The Hall–Kier alpha value is -1.32. The van der Waals surface area contributed by atoms with E-state index in [1.807, 2.05) is 37.3 Å². The smallest absolute Gasteiger partial charge is 0.128 e. The van der Waals surface area contributed by atoms with Gasteiger partial charge in [0.15, 0.2) is 0 Å². The second-order valence-corrected chi connectivity index (χ2v) is 5.67. The summed E-state index contributed by atoms with van der Waals surface area (Å²) in [4.78, 5) is 0. The summed E-state index contributed by atoms with van der Waals surface area (Å²) in [6.45, 7) is 6.13. The van der Waals surface area contributed by atoms with Crippen molar-refractivity contribution in [1.82, 2.24) is 0 Å². The lowest BCUT2D eigenvalue weighted by atomic mass is 10.1. The molecule has 0 bridgehead atoms. The fourth-order valence-electron chi connectivity index (χ4n) is 1.85. The Kier molecular flexibility index (Phi) is 4.27. The number of hydrogen-bond acceptors (Lipinski definition) is 2. The van der Waals surface area contributed by atoms with Crippen molar-refractivity contribution in [3.05, 3.63) is 57.6 Å². The van der Waals surface area contributed by atoms with Crippen LogP contribution in [0.15, 0.2) is 40.9 Å². The fourth-order valence-corrected chi connectivity index (χ4v) is 2.57. The number of hydrogen-bond donors (Lipinski definition) is 1. The molecule has 2 aromatic rings. The zero-order chi connectivity index (χ0) is 14.0. The Balaban J connectivity index is 2.24. The normalized spacial score (nSPS) is 12.3. The van der Waals surface area contributed by atoms with Crippen molar-refractivity contribution in [2.75, 3.05) is 0 Å². The highest BCUT2D eigenvalue weighted by Gasteiger charge is 2.07. The maximum absolute atomic E-state index is 5.88. The molecule has 2 nitrogen and oxygen atoms in total. The molecule has 100 valence electrons. The Morgan fingerprint density at radius 3 is 2.21 bits per heavy atom. The molecule has 2 aromatic carbocycles. The van der Waals surface area contributed by atoms with Crippen LogP contribution in [-0.2, 0) is 0 Å². The standard InChI is InChI=1S/C16H18BrNO/c1-10-4-5-13(8-11(10)2)19-14-6-7-15(12(3)18)16(17)9-14/h4-9,12H,18H2,1-3H3/t12-/m1/s1. The van der Waals surface area contributed by atoms with E-state index in [9.17, 15) is 0 Å². The molecule has 0 amide bonds. The summed E-state index contributed by atoms with van der Waals surface area (Å²) < 4.78 is 6.83. The quantitative estimate of drug-likeness (QED) is 0.875. The molecule has 2 N–H and O–H groups in total. The molecule has 0 radical (unpaired) electrons. The third-order valence-corrected chi connectivity index (χ3v) is 3.86. The van der Waals surface area contributed by atoms with Crippen LogP contribution in [-0.4, -0.2) is 0 Å². The largest absolute Gasteiger partial charge is 0.457 e. The van der Waals surface area contributed by atoms with Gasteiger partial charge in [0.25, 0.3) is 0 Å². The molecule has 3 heteroatoms. The molecule has 0 aliphatic carbocycles. The van der Waals surface area contributed by atoms with E-state index in [0.717, 1.165) is 21.5 Å².